The molecule has 0 nitrogen and oxygen atoms in total. The lowest BCUT2D eigenvalue weighted by Gasteiger charge is -2.24. The first kappa shape index (κ1) is 25.0. The molecule has 0 atom stereocenters. The van der Waals surface area contributed by atoms with E-state index in [1.165, 1.54) is 98.9 Å². The summed E-state index contributed by atoms with van der Waals surface area (Å²) in [5.41, 5.74) is 9.33. The van der Waals surface area contributed by atoms with Crippen LogP contribution >= 0.6 is 0 Å². The topological polar surface area (TPSA) is 0 Å². The predicted molar refractivity (Wildman–Crippen MR) is 154 cm³/mol. The van der Waals surface area contributed by atoms with Crippen molar-refractivity contribution in [2.75, 3.05) is 0 Å². The summed E-state index contributed by atoms with van der Waals surface area (Å²) in [5.74, 6) is 0. The van der Waals surface area contributed by atoms with E-state index in [1.807, 2.05) is 0 Å². The number of rotatable bonds is 12. The Labute approximate surface area is 208 Å². The number of benzene rings is 4. The minimum Gasteiger partial charge on any atom is -0.0654 e. The first-order valence-corrected chi connectivity index (χ1v) is 14.3. The maximum absolute atomic E-state index is 2.60. The maximum atomic E-state index is 2.60. The molecule has 4 aromatic carbocycles. The lowest BCUT2D eigenvalue weighted by molar-refractivity contribution is 0.788. The predicted octanol–water partition coefficient (Wildman–Crippen LogP) is 10.6. The molecule has 0 fully saturated rings. The summed E-state index contributed by atoms with van der Waals surface area (Å²) >= 11 is 0. The number of unbranched alkanes of at least 4 members (excludes halogenated alkanes) is 4. The summed E-state index contributed by atoms with van der Waals surface area (Å²) < 4.78 is 0. The zero-order chi connectivity index (χ0) is 24.2. The fourth-order valence-corrected chi connectivity index (χ4v) is 6.18. The summed E-state index contributed by atoms with van der Waals surface area (Å²) in [6, 6.07) is 10.3. The van der Waals surface area contributed by atoms with Crippen LogP contribution in [0.15, 0.2) is 24.3 Å². The van der Waals surface area contributed by atoms with Gasteiger partial charge in [-0.2, -0.15) is 0 Å². The van der Waals surface area contributed by atoms with Gasteiger partial charge in [0, 0.05) is 0 Å². The van der Waals surface area contributed by atoms with Crippen LogP contribution in [0.3, 0.4) is 0 Å². The Kier molecular flexibility index (Phi) is 8.18. The van der Waals surface area contributed by atoms with Crippen molar-refractivity contribution in [1.82, 2.24) is 0 Å². The molecular formula is C34H46. The Morgan fingerprint density at radius 2 is 0.706 bits per heavy atom. The Bertz CT molecular complexity index is 1160. The van der Waals surface area contributed by atoms with Crippen molar-refractivity contribution in [2.45, 2.75) is 119 Å². The molecule has 0 heterocycles. The second-order valence-electron chi connectivity index (χ2n) is 10.8. The minimum atomic E-state index is 1.20. The highest BCUT2D eigenvalue weighted by Crippen LogP contribution is 2.44. The molecule has 34 heavy (non-hydrogen) atoms. The molecule has 0 aliphatic heterocycles. The number of aryl methyl sites for hydroxylation is 6. The van der Waals surface area contributed by atoms with Crippen molar-refractivity contribution in [3.63, 3.8) is 0 Å². The Hall–Kier alpha value is -2.08. The normalized spacial score (nSPS) is 12.1. The summed E-state index contributed by atoms with van der Waals surface area (Å²) in [4.78, 5) is 0. The molecule has 0 bridgehead atoms. The summed E-state index contributed by atoms with van der Waals surface area (Å²) in [6.07, 6.45) is 14.9. The van der Waals surface area contributed by atoms with E-state index >= 15 is 0 Å². The van der Waals surface area contributed by atoms with Gasteiger partial charge in [-0.25, -0.2) is 0 Å². The third kappa shape index (κ3) is 4.58. The van der Waals surface area contributed by atoms with Crippen molar-refractivity contribution < 1.29 is 0 Å². The van der Waals surface area contributed by atoms with Crippen molar-refractivity contribution in [3.05, 3.63) is 57.6 Å². The van der Waals surface area contributed by atoms with Gasteiger partial charge in [0.05, 0.1) is 0 Å². The molecule has 0 amide bonds. The molecule has 0 radical (unpaired) electrons. The molecule has 0 aliphatic carbocycles. The second kappa shape index (κ2) is 11.1. The smallest absolute Gasteiger partial charge is 0.00182 e. The van der Waals surface area contributed by atoms with Crippen molar-refractivity contribution in [3.8, 4) is 0 Å². The lowest BCUT2D eigenvalue weighted by atomic mass is 9.80. The van der Waals surface area contributed by atoms with Gasteiger partial charge in [0.15, 0.2) is 0 Å². The van der Waals surface area contributed by atoms with Gasteiger partial charge in [-0.15, -0.1) is 0 Å². The fourth-order valence-electron chi connectivity index (χ4n) is 6.18. The molecule has 0 unspecified atom stereocenters. The number of hydrogen-bond donors (Lipinski definition) is 0. The first-order valence-electron chi connectivity index (χ1n) is 14.3. The van der Waals surface area contributed by atoms with Crippen molar-refractivity contribution in [1.29, 1.82) is 0 Å². The van der Waals surface area contributed by atoms with Gasteiger partial charge in [0.2, 0.25) is 0 Å². The van der Waals surface area contributed by atoms with E-state index in [0.717, 1.165) is 0 Å². The largest absolute Gasteiger partial charge is 0.0654 e. The van der Waals surface area contributed by atoms with Crippen LogP contribution in [0.5, 0.6) is 0 Å². The molecule has 0 saturated carbocycles. The van der Waals surface area contributed by atoms with Gasteiger partial charge in [-0.1, -0.05) is 77.6 Å². The molecule has 0 spiro atoms. The molecule has 4 rings (SSSR count). The third-order valence-electron chi connectivity index (χ3n) is 8.04. The van der Waals surface area contributed by atoms with Gasteiger partial charge in [0.25, 0.3) is 0 Å². The number of hydrogen-bond acceptors (Lipinski definition) is 0. The highest BCUT2D eigenvalue weighted by Gasteiger charge is 2.21. The molecule has 0 heteroatoms. The van der Waals surface area contributed by atoms with Gasteiger partial charge in [-0.05, 0) is 131 Å². The van der Waals surface area contributed by atoms with E-state index in [4.69, 9.17) is 0 Å². The van der Waals surface area contributed by atoms with Gasteiger partial charge < -0.3 is 0 Å². The van der Waals surface area contributed by atoms with Crippen LogP contribution in [-0.4, -0.2) is 0 Å². The van der Waals surface area contributed by atoms with E-state index in [-0.39, 0.29) is 0 Å². The lowest BCUT2D eigenvalue weighted by Crippen LogP contribution is -2.03. The van der Waals surface area contributed by atoms with Crippen LogP contribution in [0.2, 0.25) is 0 Å². The fraction of sp³-hybridized carbons (Fsp3) is 0.529. The van der Waals surface area contributed by atoms with Crippen LogP contribution < -0.4 is 0 Å². The zero-order valence-corrected chi connectivity index (χ0v) is 22.8. The van der Waals surface area contributed by atoms with E-state index in [2.05, 4.69) is 65.8 Å². The van der Waals surface area contributed by atoms with Crippen LogP contribution in [0.25, 0.3) is 32.3 Å². The molecule has 0 N–H and O–H groups in total. The summed E-state index contributed by atoms with van der Waals surface area (Å²) in [5, 5.41) is 9.43. The van der Waals surface area contributed by atoms with Crippen molar-refractivity contribution in [2.24, 2.45) is 0 Å². The second-order valence-corrected chi connectivity index (χ2v) is 10.8. The maximum Gasteiger partial charge on any atom is -0.00182 e. The first-order chi connectivity index (χ1) is 16.5. The molecule has 4 aromatic rings. The molecule has 0 saturated heterocycles. The van der Waals surface area contributed by atoms with E-state index in [9.17, 15) is 0 Å². The highest BCUT2D eigenvalue weighted by molar-refractivity contribution is 6.27. The quantitative estimate of drug-likeness (QED) is 0.187. The SMILES string of the molecule is CCCCc1cc(C)c2cc(CCCC)c3c(CCCC)cc(C)c4cc(CCCC)c1c2c43. The molecule has 0 aliphatic rings. The van der Waals surface area contributed by atoms with Crippen LogP contribution in [0, 0.1) is 13.8 Å². The van der Waals surface area contributed by atoms with Crippen LogP contribution in [0.1, 0.15) is 112 Å². The van der Waals surface area contributed by atoms with E-state index in [0.29, 0.717) is 0 Å². The summed E-state index contributed by atoms with van der Waals surface area (Å²) in [6.45, 7) is 14.0. The average Bonchev–Trinajstić information content (AvgIpc) is 2.84. The monoisotopic (exact) mass is 454 g/mol. The Morgan fingerprint density at radius 3 is 1.00 bits per heavy atom. The van der Waals surface area contributed by atoms with Crippen LogP contribution in [-0.2, 0) is 25.7 Å². The highest BCUT2D eigenvalue weighted by atomic mass is 14.2. The van der Waals surface area contributed by atoms with Crippen LogP contribution in [0.4, 0.5) is 0 Å². The van der Waals surface area contributed by atoms with Gasteiger partial charge in [0.1, 0.15) is 0 Å². The van der Waals surface area contributed by atoms with E-state index in [1.54, 1.807) is 43.8 Å². The third-order valence-corrected chi connectivity index (χ3v) is 8.04. The molecular weight excluding hydrogens is 408 g/mol. The molecule has 0 aromatic heterocycles. The Morgan fingerprint density at radius 1 is 0.412 bits per heavy atom. The Balaban J connectivity index is 2.18. The zero-order valence-electron chi connectivity index (χ0n) is 22.8. The summed E-state index contributed by atoms with van der Waals surface area (Å²) in [7, 11) is 0. The molecule has 182 valence electrons. The van der Waals surface area contributed by atoms with E-state index < -0.39 is 0 Å². The average molecular weight is 455 g/mol. The van der Waals surface area contributed by atoms with Gasteiger partial charge in [-0.3, -0.25) is 0 Å². The minimum absolute atomic E-state index is 1.20. The standard InChI is InChI=1S/C34H46/c1-7-11-15-25-19-23(5)29-22-28(18-14-10-4)32-26(16-12-8-2)20-24(6)30-21-27(17-13-9-3)31(25)33(29)34(30)32/h19-22H,7-18H2,1-6H3. The van der Waals surface area contributed by atoms with Crippen molar-refractivity contribution >= 4 is 32.3 Å². The van der Waals surface area contributed by atoms with Gasteiger partial charge >= 0.3 is 0 Å².